The lowest BCUT2D eigenvalue weighted by Gasteiger charge is -2.35. The molecule has 3 rings (SSSR count). The highest BCUT2D eigenvalue weighted by Gasteiger charge is 2.26. The normalized spacial score (nSPS) is 18.3. The van der Waals surface area contributed by atoms with Crippen LogP contribution < -0.4 is 14.8 Å². The number of piperidine rings is 1. The molecule has 2 atom stereocenters. The minimum absolute atomic E-state index is 0.0147. The zero-order valence-corrected chi connectivity index (χ0v) is 20.2. The summed E-state index contributed by atoms with van der Waals surface area (Å²) in [5.41, 5.74) is 2.95. The number of anilines is 1. The van der Waals surface area contributed by atoms with E-state index in [9.17, 15) is 9.59 Å². The van der Waals surface area contributed by atoms with Crippen molar-refractivity contribution in [3.8, 4) is 11.5 Å². The maximum Gasteiger partial charge on any atom is 0.253 e. The zero-order chi connectivity index (χ0) is 24.0. The number of carbonyl (C=O) groups is 2. The van der Waals surface area contributed by atoms with E-state index in [0.29, 0.717) is 41.2 Å². The number of carbonyl (C=O) groups excluding carboxylic acids is 2. The molecule has 1 fully saturated rings. The van der Waals surface area contributed by atoms with Gasteiger partial charge in [-0.3, -0.25) is 9.59 Å². The van der Waals surface area contributed by atoms with E-state index < -0.39 is 0 Å². The van der Waals surface area contributed by atoms with Crippen molar-refractivity contribution in [2.45, 2.75) is 34.1 Å². The summed E-state index contributed by atoms with van der Waals surface area (Å²) in [6.07, 6.45) is 4.33. The Morgan fingerprint density at radius 1 is 1.09 bits per heavy atom. The highest BCUT2D eigenvalue weighted by molar-refractivity contribution is 6.03. The summed E-state index contributed by atoms with van der Waals surface area (Å²) in [7, 11) is 1.58. The summed E-state index contributed by atoms with van der Waals surface area (Å²) in [4.78, 5) is 27.6. The van der Waals surface area contributed by atoms with Crippen LogP contribution in [0.3, 0.4) is 0 Å². The quantitative estimate of drug-likeness (QED) is 0.591. The maximum absolute atomic E-state index is 13.1. The molecule has 0 radical (unpaired) electrons. The number of nitrogens with zero attached hydrogens (tertiary/aromatic N) is 1. The van der Waals surface area contributed by atoms with Gasteiger partial charge in [0, 0.05) is 30.4 Å². The van der Waals surface area contributed by atoms with Crippen molar-refractivity contribution in [2.24, 2.45) is 11.8 Å². The number of hydrogen-bond donors (Lipinski definition) is 1. The van der Waals surface area contributed by atoms with Crippen LogP contribution in [0, 0.1) is 18.8 Å². The van der Waals surface area contributed by atoms with Crippen LogP contribution in [0.1, 0.15) is 48.7 Å². The maximum atomic E-state index is 13.1. The SMILES string of the molecule is CCOc1ccc(/C=C/C(=O)Nc2cc(C(=O)N3CC(C)CC(C)C3)ccc2C)cc1OC. The van der Waals surface area contributed by atoms with Crippen LogP contribution >= 0.6 is 0 Å². The van der Waals surface area contributed by atoms with Gasteiger partial charge in [-0.15, -0.1) is 0 Å². The summed E-state index contributed by atoms with van der Waals surface area (Å²) in [5.74, 6) is 2.01. The molecule has 0 bridgehead atoms. The number of benzene rings is 2. The minimum Gasteiger partial charge on any atom is -0.493 e. The molecule has 0 spiro atoms. The number of amides is 2. The van der Waals surface area contributed by atoms with Crippen molar-refractivity contribution in [2.75, 3.05) is 32.1 Å². The predicted octanol–water partition coefficient (Wildman–Crippen LogP) is 5.17. The molecule has 176 valence electrons. The fourth-order valence-electron chi connectivity index (χ4n) is 4.31. The van der Waals surface area contributed by atoms with Gasteiger partial charge in [-0.25, -0.2) is 0 Å². The third-order valence-electron chi connectivity index (χ3n) is 5.81. The fourth-order valence-corrected chi connectivity index (χ4v) is 4.31. The first kappa shape index (κ1) is 24.4. The third kappa shape index (κ3) is 6.37. The molecule has 0 saturated carbocycles. The average Bonchev–Trinajstić information content (AvgIpc) is 2.79. The van der Waals surface area contributed by atoms with Crippen molar-refractivity contribution in [3.63, 3.8) is 0 Å². The van der Waals surface area contributed by atoms with Crippen LogP contribution in [-0.2, 0) is 4.79 Å². The lowest BCUT2D eigenvalue weighted by molar-refractivity contribution is -0.111. The summed E-state index contributed by atoms with van der Waals surface area (Å²) >= 11 is 0. The number of likely N-dealkylation sites (tertiary alicyclic amines) is 1. The molecule has 2 amide bonds. The van der Waals surface area contributed by atoms with Crippen molar-refractivity contribution < 1.29 is 19.1 Å². The van der Waals surface area contributed by atoms with Gasteiger partial charge < -0.3 is 19.7 Å². The molecule has 33 heavy (non-hydrogen) atoms. The van der Waals surface area contributed by atoms with Crippen LogP contribution in [0.15, 0.2) is 42.5 Å². The molecule has 1 N–H and O–H groups in total. The Morgan fingerprint density at radius 3 is 2.48 bits per heavy atom. The van der Waals surface area contributed by atoms with Gasteiger partial charge in [0.05, 0.1) is 13.7 Å². The van der Waals surface area contributed by atoms with E-state index in [4.69, 9.17) is 9.47 Å². The molecule has 1 aliphatic rings. The number of nitrogens with one attached hydrogen (secondary N) is 1. The summed E-state index contributed by atoms with van der Waals surface area (Å²) in [6, 6.07) is 11.0. The monoisotopic (exact) mass is 450 g/mol. The zero-order valence-electron chi connectivity index (χ0n) is 20.2. The van der Waals surface area contributed by atoms with Crippen molar-refractivity contribution in [3.05, 3.63) is 59.2 Å². The Balaban J connectivity index is 1.70. The first-order valence-electron chi connectivity index (χ1n) is 11.5. The number of methoxy groups -OCH3 is 1. The van der Waals surface area contributed by atoms with E-state index in [1.165, 1.54) is 6.08 Å². The summed E-state index contributed by atoms with van der Waals surface area (Å²) < 4.78 is 10.9. The third-order valence-corrected chi connectivity index (χ3v) is 5.81. The van der Waals surface area contributed by atoms with Gasteiger partial charge >= 0.3 is 0 Å². The number of aryl methyl sites for hydroxylation is 1. The molecule has 6 nitrogen and oxygen atoms in total. The first-order valence-corrected chi connectivity index (χ1v) is 11.5. The molecule has 0 aromatic heterocycles. The average molecular weight is 451 g/mol. The van der Waals surface area contributed by atoms with E-state index in [1.54, 1.807) is 19.3 Å². The minimum atomic E-state index is -0.268. The molecule has 2 aromatic carbocycles. The second-order valence-corrected chi connectivity index (χ2v) is 8.85. The molecular weight excluding hydrogens is 416 g/mol. The van der Waals surface area contributed by atoms with E-state index in [-0.39, 0.29) is 11.8 Å². The fraction of sp³-hybridized carbons (Fsp3) is 0.407. The van der Waals surface area contributed by atoms with Crippen molar-refractivity contribution >= 4 is 23.6 Å². The van der Waals surface area contributed by atoms with E-state index in [1.807, 2.05) is 49.1 Å². The molecule has 6 heteroatoms. The number of ether oxygens (including phenoxy) is 2. The van der Waals surface area contributed by atoms with Crippen LogP contribution in [0.2, 0.25) is 0 Å². The Bertz CT molecular complexity index is 1020. The number of hydrogen-bond acceptors (Lipinski definition) is 4. The molecule has 2 aromatic rings. The van der Waals surface area contributed by atoms with E-state index in [0.717, 1.165) is 30.6 Å². The van der Waals surface area contributed by atoms with Crippen LogP contribution in [0.25, 0.3) is 6.08 Å². The molecule has 1 saturated heterocycles. The molecule has 1 aliphatic heterocycles. The highest BCUT2D eigenvalue weighted by Crippen LogP contribution is 2.28. The lowest BCUT2D eigenvalue weighted by atomic mass is 9.91. The van der Waals surface area contributed by atoms with Gasteiger partial charge in [0.1, 0.15) is 0 Å². The predicted molar refractivity (Wildman–Crippen MR) is 132 cm³/mol. The first-order chi connectivity index (χ1) is 15.8. The Hall–Kier alpha value is -3.28. The van der Waals surface area contributed by atoms with Gasteiger partial charge in [-0.1, -0.05) is 26.0 Å². The van der Waals surface area contributed by atoms with Crippen molar-refractivity contribution in [1.29, 1.82) is 0 Å². The van der Waals surface area contributed by atoms with Crippen LogP contribution in [0.4, 0.5) is 5.69 Å². The molecular formula is C27H34N2O4. The molecule has 0 aliphatic carbocycles. The summed E-state index contributed by atoms with van der Waals surface area (Å²) in [6.45, 7) is 10.3. The smallest absolute Gasteiger partial charge is 0.253 e. The molecule has 2 unspecified atom stereocenters. The van der Waals surface area contributed by atoms with Gasteiger partial charge in [-0.2, -0.15) is 0 Å². The largest absolute Gasteiger partial charge is 0.493 e. The van der Waals surface area contributed by atoms with Gasteiger partial charge in [0.2, 0.25) is 5.91 Å². The second kappa shape index (κ2) is 11.0. The lowest BCUT2D eigenvalue weighted by Crippen LogP contribution is -2.42. The van der Waals surface area contributed by atoms with Crippen LogP contribution in [0.5, 0.6) is 11.5 Å². The van der Waals surface area contributed by atoms with E-state index >= 15 is 0 Å². The van der Waals surface area contributed by atoms with Gasteiger partial charge in [-0.05, 0) is 73.6 Å². The highest BCUT2D eigenvalue weighted by atomic mass is 16.5. The summed E-state index contributed by atoms with van der Waals surface area (Å²) in [5, 5.41) is 2.90. The molecule has 1 heterocycles. The second-order valence-electron chi connectivity index (χ2n) is 8.85. The van der Waals surface area contributed by atoms with Crippen LogP contribution in [-0.4, -0.2) is 43.5 Å². The number of rotatable bonds is 7. The van der Waals surface area contributed by atoms with E-state index in [2.05, 4.69) is 19.2 Å². The standard InChI is InChI=1S/C27H34N2O4/c1-6-33-24-11-8-21(14-25(24)32-5)9-12-26(30)28-23-15-22(10-7-20(23)4)27(31)29-16-18(2)13-19(3)17-29/h7-12,14-15,18-19H,6,13,16-17H2,1-5H3,(H,28,30)/b12-9+. The topological polar surface area (TPSA) is 67.9 Å². The van der Waals surface area contributed by atoms with Gasteiger partial charge in [0.15, 0.2) is 11.5 Å². The van der Waals surface area contributed by atoms with Gasteiger partial charge in [0.25, 0.3) is 5.91 Å². The Kier molecular flexibility index (Phi) is 8.15. The van der Waals surface area contributed by atoms with Crippen molar-refractivity contribution in [1.82, 2.24) is 4.90 Å². The Morgan fingerprint density at radius 2 is 1.82 bits per heavy atom. The Labute approximate surface area is 196 Å².